The summed E-state index contributed by atoms with van der Waals surface area (Å²) in [7, 11) is 0. The van der Waals surface area contributed by atoms with E-state index in [1.165, 1.54) is 20.5 Å². The van der Waals surface area contributed by atoms with Crippen molar-refractivity contribution in [1.82, 2.24) is 25.1 Å². The third-order valence-corrected chi connectivity index (χ3v) is 7.34. The molecule has 4 rings (SSSR count). The van der Waals surface area contributed by atoms with Crippen LogP contribution in [0.4, 0.5) is 0 Å². The first kappa shape index (κ1) is 20.1. The van der Waals surface area contributed by atoms with Gasteiger partial charge in [-0.05, 0) is 60.8 Å². The van der Waals surface area contributed by atoms with E-state index in [-0.39, 0.29) is 12.1 Å². The van der Waals surface area contributed by atoms with Crippen LogP contribution in [0.25, 0.3) is 0 Å². The Morgan fingerprint density at radius 1 is 1.21 bits per heavy atom. The van der Waals surface area contributed by atoms with Crippen LogP contribution in [0.5, 0.6) is 0 Å². The van der Waals surface area contributed by atoms with Crippen LogP contribution in [0.2, 0.25) is 0 Å². The largest absolute Gasteiger partial charge is 0.379 e. The molecule has 2 aromatic heterocycles. The Hall–Kier alpha value is -1.23. The fourth-order valence-electron chi connectivity index (χ4n) is 4.16. The van der Waals surface area contributed by atoms with Crippen LogP contribution >= 0.6 is 34.8 Å². The molecule has 0 spiro atoms. The maximum atomic E-state index is 5.79. The molecule has 0 aromatic carbocycles. The van der Waals surface area contributed by atoms with Gasteiger partial charge in [-0.25, -0.2) is 0 Å². The van der Waals surface area contributed by atoms with Crippen LogP contribution < -0.4 is 5.32 Å². The van der Waals surface area contributed by atoms with Gasteiger partial charge in [0.2, 0.25) is 0 Å². The SMILES string of the molecule is Cc1[nH]c(C)c([C@H]2[C@H](c3ccccn3)NC(=S)N2CCN2CCOCC2)c1I. The molecule has 2 fully saturated rings. The minimum atomic E-state index is 0.0424. The molecule has 28 heavy (non-hydrogen) atoms. The van der Waals surface area contributed by atoms with Crippen molar-refractivity contribution in [3.63, 3.8) is 0 Å². The number of hydrogen-bond acceptors (Lipinski definition) is 4. The highest BCUT2D eigenvalue weighted by atomic mass is 127. The van der Waals surface area contributed by atoms with Crippen molar-refractivity contribution < 1.29 is 4.74 Å². The zero-order valence-electron chi connectivity index (χ0n) is 16.2. The second-order valence-electron chi connectivity index (χ2n) is 7.38. The molecule has 0 amide bonds. The van der Waals surface area contributed by atoms with E-state index in [0.717, 1.165) is 50.2 Å². The van der Waals surface area contributed by atoms with E-state index >= 15 is 0 Å². The Bertz CT molecular complexity index is 837. The van der Waals surface area contributed by atoms with Crippen molar-refractivity contribution >= 4 is 39.9 Å². The monoisotopic (exact) mass is 511 g/mol. The molecular weight excluding hydrogens is 485 g/mol. The van der Waals surface area contributed by atoms with Gasteiger partial charge in [0.15, 0.2) is 5.11 Å². The molecular formula is C20H26IN5OS. The summed E-state index contributed by atoms with van der Waals surface area (Å²) in [6, 6.07) is 6.25. The summed E-state index contributed by atoms with van der Waals surface area (Å²) in [6.45, 7) is 9.77. The first-order chi connectivity index (χ1) is 13.6. The van der Waals surface area contributed by atoms with Gasteiger partial charge in [0, 0.05) is 52.9 Å². The minimum absolute atomic E-state index is 0.0424. The molecule has 2 atom stereocenters. The Balaban J connectivity index is 1.66. The fraction of sp³-hybridized carbons (Fsp3) is 0.500. The van der Waals surface area contributed by atoms with Crippen LogP contribution in [0.3, 0.4) is 0 Å². The molecule has 0 unspecified atom stereocenters. The third kappa shape index (κ3) is 3.92. The summed E-state index contributed by atoms with van der Waals surface area (Å²) in [5, 5.41) is 4.36. The molecule has 2 N–H and O–H groups in total. The van der Waals surface area contributed by atoms with E-state index in [4.69, 9.17) is 17.0 Å². The number of aromatic amines is 1. The first-order valence-corrected chi connectivity index (χ1v) is 11.2. The number of aryl methyl sites for hydroxylation is 2. The molecule has 0 aliphatic carbocycles. The van der Waals surface area contributed by atoms with Crippen molar-refractivity contribution in [2.45, 2.75) is 25.9 Å². The van der Waals surface area contributed by atoms with Crippen LogP contribution in [0, 0.1) is 17.4 Å². The molecule has 0 bridgehead atoms. The fourth-order valence-corrected chi connectivity index (χ4v) is 5.35. The number of morpholine rings is 1. The van der Waals surface area contributed by atoms with E-state index < -0.39 is 0 Å². The number of halogens is 1. The highest BCUT2D eigenvalue weighted by molar-refractivity contribution is 14.1. The predicted molar refractivity (Wildman–Crippen MR) is 122 cm³/mol. The van der Waals surface area contributed by atoms with Gasteiger partial charge in [0.25, 0.3) is 0 Å². The number of ether oxygens (including phenoxy) is 1. The molecule has 8 heteroatoms. The minimum Gasteiger partial charge on any atom is -0.379 e. The molecule has 2 aliphatic rings. The summed E-state index contributed by atoms with van der Waals surface area (Å²) in [6.07, 6.45) is 1.85. The van der Waals surface area contributed by atoms with Gasteiger partial charge in [-0.3, -0.25) is 9.88 Å². The summed E-state index contributed by atoms with van der Waals surface area (Å²) in [4.78, 5) is 13.0. The maximum absolute atomic E-state index is 5.79. The zero-order valence-corrected chi connectivity index (χ0v) is 19.2. The smallest absolute Gasteiger partial charge is 0.170 e. The second kappa shape index (κ2) is 8.64. The summed E-state index contributed by atoms with van der Waals surface area (Å²) < 4.78 is 6.77. The number of rotatable bonds is 5. The molecule has 2 aromatic rings. The quantitative estimate of drug-likeness (QED) is 0.476. The van der Waals surface area contributed by atoms with E-state index in [1.807, 2.05) is 18.3 Å². The normalized spacial score (nSPS) is 23.2. The molecule has 2 saturated heterocycles. The van der Waals surface area contributed by atoms with E-state index in [9.17, 15) is 0 Å². The second-order valence-corrected chi connectivity index (χ2v) is 8.84. The molecule has 150 valence electrons. The number of thiocarbonyl (C=S) groups is 1. The van der Waals surface area contributed by atoms with E-state index in [2.05, 4.69) is 67.6 Å². The third-order valence-electron chi connectivity index (χ3n) is 5.60. The molecule has 0 radical (unpaired) electrons. The number of H-pyrrole nitrogens is 1. The lowest BCUT2D eigenvalue weighted by Gasteiger charge is -2.32. The van der Waals surface area contributed by atoms with E-state index in [0.29, 0.717) is 0 Å². The van der Waals surface area contributed by atoms with Gasteiger partial charge in [0.1, 0.15) is 0 Å². The van der Waals surface area contributed by atoms with Crippen LogP contribution in [0.1, 0.15) is 34.7 Å². The van der Waals surface area contributed by atoms with Gasteiger partial charge >= 0.3 is 0 Å². The van der Waals surface area contributed by atoms with Gasteiger partial charge < -0.3 is 19.9 Å². The Labute approximate surface area is 185 Å². The Morgan fingerprint density at radius 3 is 2.64 bits per heavy atom. The highest BCUT2D eigenvalue weighted by Gasteiger charge is 2.42. The Kier molecular flexibility index (Phi) is 6.19. The molecule has 6 nitrogen and oxygen atoms in total. The van der Waals surface area contributed by atoms with Crippen molar-refractivity contribution in [2.75, 3.05) is 39.4 Å². The number of nitrogens with zero attached hydrogens (tertiary/aromatic N) is 3. The highest BCUT2D eigenvalue weighted by Crippen LogP contribution is 2.42. The van der Waals surface area contributed by atoms with Gasteiger partial charge in [0.05, 0.1) is 31.0 Å². The van der Waals surface area contributed by atoms with Gasteiger partial charge in [-0.1, -0.05) is 6.07 Å². The number of nitrogens with one attached hydrogen (secondary N) is 2. The zero-order chi connectivity index (χ0) is 19.7. The standard InChI is InChI=1S/C20H26IN5OS/c1-13-16(17(21)14(2)23-13)19-18(15-5-3-4-6-22-15)24-20(28)26(19)8-7-25-9-11-27-12-10-25/h3-6,18-19,23H,7-12H2,1-2H3,(H,24,28)/t18-,19-/m0/s1. The van der Waals surface area contributed by atoms with Crippen molar-refractivity contribution in [2.24, 2.45) is 0 Å². The molecule has 2 aliphatic heterocycles. The molecule has 4 heterocycles. The van der Waals surface area contributed by atoms with Gasteiger partial charge in [-0.15, -0.1) is 0 Å². The van der Waals surface area contributed by atoms with E-state index in [1.54, 1.807) is 0 Å². The maximum Gasteiger partial charge on any atom is 0.170 e. The first-order valence-electron chi connectivity index (χ1n) is 9.69. The van der Waals surface area contributed by atoms with Gasteiger partial charge in [-0.2, -0.15) is 0 Å². The predicted octanol–water partition coefficient (Wildman–Crippen LogP) is 2.94. The summed E-state index contributed by atoms with van der Waals surface area (Å²) in [5.74, 6) is 0. The number of hydrogen-bond donors (Lipinski definition) is 2. The lowest BCUT2D eigenvalue weighted by Crippen LogP contribution is -2.42. The van der Waals surface area contributed by atoms with Crippen LogP contribution in [0.15, 0.2) is 24.4 Å². The lowest BCUT2D eigenvalue weighted by molar-refractivity contribution is 0.0350. The summed E-state index contributed by atoms with van der Waals surface area (Å²) >= 11 is 8.24. The lowest BCUT2D eigenvalue weighted by atomic mass is 9.97. The average molecular weight is 511 g/mol. The topological polar surface area (TPSA) is 56.4 Å². The van der Waals surface area contributed by atoms with Crippen LogP contribution in [-0.2, 0) is 4.74 Å². The van der Waals surface area contributed by atoms with Crippen molar-refractivity contribution in [1.29, 1.82) is 0 Å². The van der Waals surface area contributed by atoms with Crippen molar-refractivity contribution in [3.05, 3.63) is 50.6 Å². The average Bonchev–Trinajstić information content (AvgIpc) is 3.16. The molecule has 0 saturated carbocycles. The van der Waals surface area contributed by atoms with Crippen LogP contribution in [-0.4, -0.2) is 64.3 Å². The van der Waals surface area contributed by atoms with Crippen molar-refractivity contribution in [3.8, 4) is 0 Å². The number of pyridine rings is 1. The summed E-state index contributed by atoms with van der Waals surface area (Å²) in [5.41, 5.74) is 4.76. The number of aromatic nitrogens is 2. The Morgan fingerprint density at radius 2 is 2.00 bits per heavy atom.